The van der Waals surface area contributed by atoms with Crippen molar-refractivity contribution >= 4 is 65.3 Å². The van der Waals surface area contributed by atoms with Crippen LogP contribution in [-0.4, -0.2) is 4.40 Å². The molecule has 10 rings (SSSR count). The number of fused-ring (bicyclic) bond motifs is 8. The summed E-state index contributed by atoms with van der Waals surface area (Å²) in [6.07, 6.45) is 0. The number of nitrogens with zero attached hydrogens (tertiary/aromatic N) is 2. The Kier molecular flexibility index (Phi) is 5.38. The van der Waals surface area contributed by atoms with Gasteiger partial charge in [-0.1, -0.05) is 109 Å². The molecule has 0 fully saturated rings. The summed E-state index contributed by atoms with van der Waals surface area (Å²) in [4.78, 5) is 3.62. The van der Waals surface area contributed by atoms with Crippen LogP contribution in [0.5, 0.6) is 0 Å². The summed E-state index contributed by atoms with van der Waals surface area (Å²) in [5.74, 6) is 0. The number of aromatic nitrogens is 1. The van der Waals surface area contributed by atoms with E-state index in [0.29, 0.717) is 5.69 Å². The largest absolute Gasteiger partial charge is 0.308 e. The molecule has 0 spiro atoms. The fourth-order valence-corrected chi connectivity index (χ4v) is 7.54. The molecule has 0 aliphatic rings. The minimum Gasteiger partial charge on any atom is -0.308 e. The summed E-state index contributed by atoms with van der Waals surface area (Å²) >= 11 is 0. The molecule has 2 nitrogen and oxygen atoms in total. The molecule has 10 aromatic rings. The molecular weight excluding hydrogens is 569 g/mol. The van der Waals surface area contributed by atoms with Crippen molar-refractivity contribution in [2.75, 3.05) is 0 Å². The van der Waals surface area contributed by atoms with Gasteiger partial charge in [0.1, 0.15) is 0 Å². The minimum atomic E-state index is 0.656. The zero-order chi connectivity index (χ0) is 31.1. The molecule has 0 saturated carbocycles. The van der Waals surface area contributed by atoms with E-state index in [9.17, 15) is 0 Å². The first-order valence-corrected chi connectivity index (χ1v) is 16.0. The van der Waals surface area contributed by atoms with Crippen molar-refractivity contribution in [3.8, 4) is 33.4 Å². The summed E-state index contributed by atoms with van der Waals surface area (Å²) in [6.45, 7) is 7.43. The van der Waals surface area contributed by atoms with E-state index >= 15 is 0 Å². The molecule has 2 aromatic heterocycles. The third-order valence-corrected chi connectivity index (χ3v) is 9.85. The molecule has 0 unspecified atom stereocenters. The van der Waals surface area contributed by atoms with E-state index in [1.165, 1.54) is 81.9 Å². The van der Waals surface area contributed by atoms with E-state index in [2.05, 4.69) is 155 Å². The van der Waals surface area contributed by atoms with E-state index in [1.807, 2.05) is 12.1 Å². The molecule has 47 heavy (non-hydrogen) atoms. The Morgan fingerprint density at radius 1 is 0.362 bits per heavy atom. The van der Waals surface area contributed by atoms with Crippen molar-refractivity contribution in [3.63, 3.8) is 0 Å². The zero-order valence-electron chi connectivity index (χ0n) is 25.4. The van der Waals surface area contributed by atoms with Gasteiger partial charge in [-0.3, -0.25) is 0 Å². The fourth-order valence-electron chi connectivity index (χ4n) is 7.54. The molecule has 2 heteroatoms. The number of rotatable bonds is 3. The lowest BCUT2D eigenvalue weighted by Crippen LogP contribution is -1.84. The highest BCUT2D eigenvalue weighted by Gasteiger charge is 2.20. The highest BCUT2D eigenvalue weighted by atomic mass is 14.9. The van der Waals surface area contributed by atoms with Crippen molar-refractivity contribution < 1.29 is 0 Å². The molecule has 0 N–H and O–H groups in total. The maximum Gasteiger partial charge on any atom is 0.187 e. The number of hydrogen-bond donors (Lipinski definition) is 0. The van der Waals surface area contributed by atoms with Crippen LogP contribution < -0.4 is 0 Å². The third kappa shape index (κ3) is 3.91. The highest BCUT2D eigenvalue weighted by Crippen LogP contribution is 2.44. The van der Waals surface area contributed by atoms with Gasteiger partial charge in [0.15, 0.2) is 5.69 Å². The molecule has 2 heterocycles. The van der Waals surface area contributed by atoms with Crippen LogP contribution >= 0.6 is 0 Å². The Balaban J connectivity index is 1.31. The predicted molar refractivity (Wildman–Crippen MR) is 199 cm³/mol. The number of hydrogen-bond acceptors (Lipinski definition) is 0. The van der Waals surface area contributed by atoms with Crippen molar-refractivity contribution in [1.82, 2.24) is 4.40 Å². The van der Waals surface area contributed by atoms with E-state index in [1.54, 1.807) is 0 Å². The summed E-state index contributed by atoms with van der Waals surface area (Å²) in [5.41, 5.74) is 11.5. The first-order valence-electron chi connectivity index (χ1n) is 16.0. The Hall–Kier alpha value is -6.43. The molecule has 0 aliphatic heterocycles. The second-order valence-corrected chi connectivity index (χ2v) is 12.5. The van der Waals surface area contributed by atoms with Crippen LogP contribution in [0.2, 0.25) is 0 Å². The summed E-state index contributed by atoms with van der Waals surface area (Å²) in [7, 11) is 0. The van der Waals surface area contributed by atoms with Gasteiger partial charge in [-0.05, 0) is 103 Å². The van der Waals surface area contributed by atoms with E-state index < -0.39 is 0 Å². The Morgan fingerprint density at radius 2 is 0.830 bits per heavy atom. The van der Waals surface area contributed by atoms with Gasteiger partial charge >= 0.3 is 0 Å². The van der Waals surface area contributed by atoms with Gasteiger partial charge in [-0.15, -0.1) is 0 Å². The van der Waals surface area contributed by atoms with Crippen molar-refractivity contribution in [1.29, 1.82) is 0 Å². The van der Waals surface area contributed by atoms with Gasteiger partial charge in [0.25, 0.3) is 0 Å². The maximum atomic E-state index is 7.43. The summed E-state index contributed by atoms with van der Waals surface area (Å²) in [6, 6.07) is 57.0. The first kappa shape index (κ1) is 25.9. The van der Waals surface area contributed by atoms with Crippen LogP contribution in [0.15, 0.2) is 158 Å². The van der Waals surface area contributed by atoms with Gasteiger partial charge < -0.3 is 4.40 Å². The lowest BCUT2D eigenvalue weighted by molar-refractivity contribution is 1.38. The molecular formula is C45H26N2. The van der Waals surface area contributed by atoms with Crippen molar-refractivity contribution in [2.24, 2.45) is 0 Å². The molecule has 8 aromatic carbocycles. The van der Waals surface area contributed by atoms with Gasteiger partial charge in [0.2, 0.25) is 0 Å². The van der Waals surface area contributed by atoms with Gasteiger partial charge in [-0.2, -0.15) is 0 Å². The monoisotopic (exact) mass is 594 g/mol. The van der Waals surface area contributed by atoms with Crippen molar-refractivity contribution in [3.05, 3.63) is 169 Å². The Bertz CT molecular complexity index is 2710. The molecule has 0 amide bonds. The summed E-state index contributed by atoms with van der Waals surface area (Å²) in [5, 5.41) is 9.94. The maximum absolute atomic E-state index is 7.43. The van der Waals surface area contributed by atoms with E-state index in [0.717, 1.165) is 11.1 Å². The second kappa shape index (κ2) is 9.78. The first-order chi connectivity index (χ1) is 23.2. The zero-order valence-corrected chi connectivity index (χ0v) is 25.4. The topological polar surface area (TPSA) is 8.77 Å². The second-order valence-electron chi connectivity index (χ2n) is 12.5. The van der Waals surface area contributed by atoms with E-state index in [4.69, 9.17) is 6.57 Å². The minimum absolute atomic E-state index is 0.656. The molecule has 0 atom stereocenters. The van der Waals surface area contributed by atoms with Crippen LogP contribution in [-0.2, 0) is 0 Å². The molecule has 216 valence electrons. The molecule has 0 saturated heterocycles. The van der Waals surface area contributed by atoms with Crippen LogP contribution in [0.25, 0.3) is 97.9 Å². The smallest absolute Gasteiger partial charge is 0.187 e. The average Bonchev–Trinajstić information content (AvgIpc) is 3.63. The average molecular weight is 595 g/mol. The fraction of sp³-hybridized carbons (Fsp3) is 0. The van der Waals surface area contributed by atoms with Gasteiger partial charge in [-0.25, -0.2) is 4.85 Å². The molecule has 0 aliphatic carbocycles. The number of benzene rings is 8. The van der Waals surface area contributed by atoms with Crippen molar-refractivity contribution in [2.45, 2.75) is 0 Å². The predicted octanol–water partition coefficient (Wildman–Crippen LogP) is 12.7. The van der Waals surface area contributed by atoms with Crippen LogP contribution in [0.4, 0.5) is 5.69 Å². The molecule has 0 bridgehead atoms. The quantitative estimate of drug-likeness (QED) is 0.180. The lowest BCUT2D eigenvalue weighted by Gasteiger charge is -2.08. The Morgan fingerprint density at radius 3 is 1.32 bits per heavy atom. The van der Waals surface area contributed by atoms with E-state index in [-0.39, 0.29) is 0 Å². The van der Waals surface area contributed by atoms with Crippen LogP contribution in [0.1, 0.15) is 0 Å². The third-order valence-electron chi connectivity index (χ3n) is 9.85. The lowest BCUT2D eigenvalue weighted by atomic mass is 9.96. The highest BCUT2D eigenvalue weighted by molar-refractivity contribution is 6.27. The summed E-state index contributed by atoms with van der Waals surface area (Å²) < 4.78 is 2.49. The van der Waals surface area contributed by atoms with Gasteiger partial charge in [0, 0.05) is 21.5 Å². The van der Waals surface area contributed by atoms with Gasteiger partial charge in [0.05, 0.1) is 23.1 Å². The normalized spacial score (nSPS) is 11.8. The van der Waals surface area contributed by atoms with Crippen LogP contribution in [0, 0.1) is 6.57 Å². The van der Waals surface area contributed by atoms with Crippen LogP contribution in [0.3, 0.4) is 0 Å². The Labute approximate surface area is 271 Å². The molecule has 0 radical (unpaired) electrons. The standard InChI is InChI=1S/C45H26N2/c1-46-38-18-16-30(17-19-38)37-24-41-39-22-33-14-12-31(28-8-4-2-5-9-28)20-35(33)26-43(39)47-44-27-36-21-32(29-10-6-3-7-11-29)13-15-34(36)23-40(44)42(25-37)45(41)47/h2-27H. The SMILES string of the molecule is [C-]#[N+]c1ccc(-c2cc3c4cc5ccc(-c6ccccc6)cc5cc4n4c5cc6cc(-c7ccccc7)ccc6cc5c(c2)c34)cc1.